The van der Waals surface area contributed by atoms with E-state index in [1.165, 1.54) is 17.0 Å². The third kappa shape index (κ3) is 3.06. The molecule has 2 fully saturated rings. The number of amides is 2. The maximum atomic E-state index is 13.9. The number of carboxylic acids is 1. The second-order valence-corrected chi connectivity index (χ2v) is 7.12. The molecule has 2 heterocycles. The zero-order valence-electron chi connectivity index (χ0n) is 14.2. The summed E-state index contributed by atoms with van der Waals surface area (Å²) in [5, 5.41) is 9.79. The first-order valence-corrected chi connectivity index (χ1v) is 8.09. The lowest BCUT2D eigenvalue weighted by Crippen LogP contribution is -2.44. The van der Waals surface area contributed by atoms with Crippen molar-refractivity contribution < 1.29 is 23.5 Å². The van der Waals surface area contributed by atoms with Gasteiger partial charge in [-0.1, -0.05) is 6.07 Å². The van der Waals surface area contributed by atoms with Crippen LogP contribution in [0, 0.1) is 23.0 Å². The van der Waals surface area contributed by atoms with Crippen molar-refractivity contribution in [3.63, 3.8) is 0 Å². The van der Waals surface area contributed by atoms with Crippen LogP contribution in [-0.4, -0.2) is 72.1 Å². The molecule has 0 spiro atoms. The monoisotopic (exact) mass is 353 g/mol. The lowest BCUT2D eigenvalue weighted by Gasteiger charge is -2.27. The molecule has 2 aliphatic rings. The van der Waals surface area contributed by atoms with Crippen molar-refractivity contribution in [3.05, 3.63) is 35.4 Å². The molecule has 1 aromatic rings. The number of hydrogen-bond donors (Lipinski definition) is 1. The van der Waals surface area contributed by atoms with Gasteiger partial charge in [0.2, 0.25) is 0 Å². The van der Waals surface area contributed by atoms with E-state index in [0.29, 0.717) is 18.7 Å². The minimum Gasteiger partial charge on any atom is -0.481 e. The summed E-state index contributed by atoms with van der Waals surface area (Å²) < 4.78 is 26.9. The topological polar surface area (TPSA) is 64.1 Å². The number of hydrogen-bond acceptors (Lipinski definition) is 3. The number of nitrogens with zero attached hydrogens (tertiary/aromatic N) is 3. The molecule has 0 bridgehead atoms. The Morgan fingerprint density at radius 2 is 2.00 bits per heavy atom. The zero-order valence-corrected chi connectivity index (χ0v) is 14.2. The second kappa shape index (κ2) is 6.25. The molecule has 0 aromatic heterocycles. The van der Waals surface area contributed by atoms with Gasteiger partial charge in [-0.25, -0.2) is 13.6 Å². The molecule has 1 aromatic carbocycles. The number of halogens is 2. The van der Waals surface area contributed by atoms with Gasteiger partial charge in [0.05, 0.1) is 0 Å². The van der Waals surface area contributed by atoms with Crippen molar-refractivity contribution >= 4 is 12.0 Å². The molecule has 0 saturated carbocycles. The van der Waals surface area contributed by atoms with Crippen molar-refractivity contribution in [2.24, 2.45) is 11.3 Å². The van der Waals surface area contributed by atoms with Gasteiger partial charge in [0.15, 0.2) is 0 Å². The van der Waals surface area contributed by atoms with Crippen LogP contribution in [0.15, 0.2) is 18.2 Å². The third-order valence-electron chi connectivity index (χ3n) is 5.17. The van der Waals surface area contributed by atoms with E-state index in [4.69, 9.17) is 0 Å². The summed E-state index contributed by atoms with van der Waals surface area (Å²) >= 11 is 0. The molecule has 25 heavy (non-hydrogen) atoms. The molecule has 2 atom stereocenters. The third-order valence-corrected chi connectivity index (χ3v) is 5.17. The van der Waals surface area contributed by atoms with Crippen LogP contribution in [0.3, 0.4) is 0 Å². The van der Waals surface area contributed by atoms with Crippen LogP contribution in [0.25, 0.3) is 0 Å². The van der Waals surface area contributed by atoms with Gasteiger partial charge in [-0.3, -0.25) is 9.69 Å². The van der Waals surface area contributed by atoms with E-state index in [-0.39, 0.29) is 31.6 Å². The van der Waals surface area contributed by atoms with Crippen LogP contribution in [0.2, 0.25) is 0 Å². The summed E-state index contributed by atoms with van der Waals surface area (Å²) in [5.41, 5.74) is -0.703. The van der Waals surface area contributed by atoms with E-state index in [9.17, 15) is 23.5 Å². The molecule has 3 rings (SSSR count). The van der Waals surface area contributed by atoms with Gasteiger partial charge < -0.3 is 14.9 Å². The van der Waals surface area contributed by atoms with Crippen LogP contribution < -0.4 is 0 Å². The van der Waals surface area contributed by atoms with Crippen LogP contribution in [0.5, 0.6) is 0 Å². The summed E-state index contributed by atoms with van der Waals surface area (Å²) in [5.74, 6) is -2.42. The fourth-order valence-electron chi connectivity index (χ4n) is 3.91. The maximum Gasteiger partial charge on any atom is 0.319 e. The quantitative estimate of drug-likeness (QED) is 0.894. The van der Waals surface area contributed by atoms with Crippen molar-refractivity contribution in [2.75, 3.05) is 40.3 Å². The maximum absolute atomic E-state index is 13.9. The fraction of sp³-hybridized carbons (Fsp3) is 0.529. The van der Waals surface area contributed by atoms with E-state index < -0.39 is 23.0 Å². The van der Waals surface area contributed by atoms with E-state index in [0.717, 1.165) is 6.07 Å². The highest BCUT2D eigenvalue weighted by Crippen LogP contribution is 2.43. The summed E-state index contributed by atoms with van der Waals surface area (Å²) in [6, 6.07) is 3.20. The summed E-state index contributed by atoms with van der Waals surface area (Å²) in [6.45, 7) is 1.43. The first-order valence-electron chi connectivity index (χ1n) is 8.09. The summed E-state index contributed by atoms with van der Waals surface area (Å²) in [4.78, 5) is 29.0. The number of fused-ring (bicyclic) bond motifs is 1. The van der Waals surface area contributed by atoms with Crippen molar-refractivity contribution in [2.45, 2.75) is 6.54 Å². The van der Waals surface area contributed by atoms with Gasteiger partial charge in [0.25, 0.3) is 0 Å². The molecular weight excluding hydrogens is 332 g/mol. The lowest BCUT2D eigenvalue weighted by atomic mass is 9.81. The predicted octanol–water partition coefficient (Wildman–Crippen LogP) is 1.46. The molecule has 0 radical (unpaired) electrons. The smallest absolute Gasteiger partial charge is 0.319 e. The van der Waals surface area contributed by atoms with Crippen molar-refractivity contribution in [3.8, 4) is 0 Å². The number of likely N-dealkylation sites (tertiary alicyclic amines) is 2. The SMILES string of the molecule is CN(C)C(=O)N1C[C@@H]2CN(Cc3ccc(F)cc3F)C[C@]2(C(=O)O)C1. The first kappa shape index (κ1) is 17.6. The molecule has 0 unspecified atom stereocenters. The van der Waals surface area contributed by atoms with Crippen LogP contribution in [0.4, 0.5) is 13.6 Å². The number of urea groups is 1. The molecule has 136 valence electrons. The van der Waals surface area contributed by atoms with Crippen molar-refractivity contribution in [1.82, 2.24) is 14.7 Å². The molecule has 2 saturated heterocycles. The average molecular weight is 353 g/mol. The predicted molar refractivity (Wildman–Crippen MR) is 85.8 cm³/mol. The lowest BCUT2D eigenvalue weighted by molar-refractivity contribution is -0.148. The van der Waals surface area contributed by atoms with Gasteiger partial charge in [0.1, 0.15) is 17.0 Å². The Balaban J connectivity index is 1.75. The number of aliphatic carboxylic acids is 1. The molecule has 2 aliphatic heterocycles. The summed E-state index contributed by atoms with van der Waals surface area (Å²) in [7, 11) is 3.26. The fourth-order valence-corrected chi connectivity index (χ4v) is 3.91. The number of benzene rings is 1. The first-order chi connectivity index (χ1) is 11.7. The molecule has 1 N–H and O–H groups in total. The van der Waals surface area contributed by atoms with E-state index in [2.05, 4.69) is 0 Å². The standard InChI is InChI=1S/C17H21F2N3O3/c1-20(2)16(25)22-8-12-7-21(9-17(12,10-22)15(23)24)6-11-3-4-13(18)5-14(11)19/h3-5,12H,6-10H2,1-2H3,(H,23,24)/t12-,17-/m0/s1. The Morgan fingerprint density at radius 1 is 1.28 bits per heavy atom. The van der Waals surface area contributed by atoms with Crippen LogP contribution in [-0.2, 0) is 11.3 Å². The van der Waals surface area contributed by atoms with Crippen LogP contribution >= 0.6 is 0 Å². The highest BCUT2D eigenvalue weighted by atomic mass is 19.1. The van der Waals surface area contributed by atoms with Crippen LogP contribution in [0.1, 0.15) is 5.56 Å². The highest BCUT2D eigenvalue weighted by Gasteiger charge is 2.58. The molecule has 8 heteroatoms. The Hall–Kier alpha value is -2.22. The number of carbonyl (C=O) groups is 2. The number of rotatable bonds is 3. The Bertz CT molecular complexity index is 712. The Kier molecular flexibility index (Phi) is 4.40. The molecule has 0 aliphatic carbocycles. The Morgan fingerprint density at radius 3 is 2.56 bits per heavy atom. The normalized spacial score (nSPS) is 25.9. The van der Waals surface area contributed by atoms with Gasteiger partial charge in [-0.05, 0) is 6.07 Å². The number of carboxylic acid groups (broad SMARTS) is 1. The van der Waals surface area contributed by atoms with E-state index in [1.807, 2.05) is 4.90 Å². The second-order valence-electron chi connectivity index (χ2n) is 7.12. The average Bonchev–Trinajstić information content (AvgIpc) is 3.04. The number of carbonyl (C=O) groups excluding carboxylic acids is 1. The molecular formula is C17H21F2N3O3. The minimum atomic E-state index is -1.04. The minimum absolute atomic E-state index is 0.145. The zero-order chi connectivity index (χ0) is 18.4. The van der Waals surface area contributed by atoms with Gasteiger partial charge in [-0.2, -0.15) is 0 Å². The van der Waals surface area contributed by atoms with Gasteiger partial charge in [0, 0.05) is 64.4 Å². The van der Waals surface area contributed by atoms with E-state index >= 15 is 0 Å². The van der Waals surface area contributed by atoms with Gasteiger partial charge in [-0.15, -0.1) is 0 Å². The molecule has 2 amide bonds. The van der Waals surface area contributed by atoms with Crippen molar-refractivity contribution in [1.29, 1.82) is 0 Å². The Labute approximate surface area is 144 Å². The highest BCUT2D eigenvalue weighted by molar-refractivity contribution is 5.80. The van der Waals surface area contributed by atoms with E-state index in [1.54, 1.807) is 19.0 Å². The largest absolute Gasteiger partial charge is 0.481 e. The summed E-state index contributed by atoms with van der Waals surface area (Å²) in [6.07, 6.45) is 0. The van der Waals surface area contributed by atoms with Gasteiger partial charge >= 0.3 is 12.0 Å². The molecule has 6 nitrogen and oxygen atoms in total.